The molecule has 0 aliphatic carbocycles. The fourth-order valence-corrected chi connectivity index (χ4v) is 4.67. The topological polar surface area (TPSA) is 36.7 Å². The normalized spacial score (nSPS) is 23.9. The number of fused-ring (bicyclic) bond motifs is 1. The molecule has 0 N–H and O–H groups in total. The van der Waals surface area contributed by atoms with Crippen LogP contribution >= 0.6 is 23.4 Å². The zero-order valence-electron chi connectivity index (χ0n) is 14.2. The summed E-state index contributed by atoms with van der Waals surface area (Å²) in [6.07, 6.45) is 1.81. The van der Waals surface area contributed by atoms with Crippen molar-refractivity contribution in [3.05, 3.63) is 47.2 Å². The van der Waals surface area contributed by atoms with E-state index in [-0.39, 0.29) is 5.91 Å². The number of likely N-dealkylation sites (tertiary alicyclic amines) is 2. The van der Waals surface area contributed by atoms with Crippen LogP contribution in [0.5, 0.6) is 0 Å². The van der Waals surface area contributed by atoms with Crippen molar-refractivity contribution in [2.45, 2.75) is 35.4 Å². The Morgan fingerprint density at radius 3 is 2.84 bits per heavy atom. The number of amides is 1. The van der Waals surface area contributed by atoms with E-state index in [2.05, 4.69) is 4.90 Å². The fraction of sp³-hybridized carbons (Fsp3) is 0.421. The molecule has 1 aromatic carbocycles. The summed E-state index contributed by atoms with van der Waals surface area (Å²) in [7, 11) is 1.93. The second-order valence-electron chi connectivity index (χ2n) is 6.84. The Labute approximate surface area is 157 Å². The maximum absolute atomic E-state index is 11.9. The average Bonchev–Trinajstić information content (AvgIpc) is 3.15. The highest BCUT2D eigenvalue weighted by atomic mass is 35.5. The molecule has 4 rings (SSSR count). The van der Waals surface area contributed by atoms with Crippen LogP contribution in [-0.2, 0) is 11.3 Å². The lowest BCUT2D eigenvalue weighted by molar-refractivity contribution is -0.127. The van der Waals surface area contributed by atoms with E-state index in [0.29, 0.717) is 12.0 Å². The molecular formula is C19H21ClN2O2S. The monoisotopic (exact) mass is 376 g/mol. The van der Waals surface area contributed by atoms with Gasteiger partial charge in [-0.05, 0) is 55.3 Å². The van der Waals surface area contributed by atoms with Gasteiger partial charge in [-0.25, -0.2) is 0 Å². The molecule has 1 aromatic heterocycles. The van der Waals surface area contributed by atoms with Crippen LogP contribution in [0, 0.1) is 5.92 Å². The van der Waals surface area contributed by atoms with Crippen LogP contribution < -0.4 is 0 Å². The van der Waals surface area contributed by atoms with Crippen LogP contribution in [0.2, 0.25) is 5.02 Å². The van der Waals surface area contributed by atoms with E-state index in [1.807, 2.05) is 48.3 Å². The summed E-state index contributed by atoms with van der Waals surface area (Å²) in [5, 5.41) is 1.63. The lowest BCUT2D eigenvalue weighted by Crippen LogP contribution is -2.46. The quantitative estimate of drug-likeness (QED) is 0.803. The minimum Gasteiger partial charge on any atom is -0.453 e. The van der Waals surface area contributed by atoms with Crippen LogP contribution in [0.4, 0.5) is 0 Å². The van der Waals surface area contributed by atoms with E-state index in [1.54, 1.807) is 11.8 Å². The Kier molecular flexibility index (Phi) is 4.80. The van der Waals surface area contributed by atoms with Gasteiger partial charge in [-0.3, -0.25) is 9.69 Å². The van der Waals surface area contributed by atoms with Gasteiger partial charge in [0, 0.05) is 36.0 Å². The zero-order valence-corrected chi connectivity index (χ0v) is 15.7. The molecule has 25 heavy (non-hydrogen) atoms. The molecular weight excluding hydrogens is 356 g/mol. The van der Waals surface area contributed by atoms with Crippen LogP contribution in [0.25, 0.3) is 0 Å². The summed E-state index contributed by atoms with van der Waals surface area (Å²) < 4.78 is 5.99. The molecule has 2 fully saturated rings. The highest BCUT2D eigenvalue weighted by Crippen LogP contribution is 2.33. The molecule has 0 saturated carbocycles. The van der Waals surface area contributed by atoms with Gasteiger partial charge in [0.15, 0.2) is 5.09 Å². The molecule has 132 valence electrons. The number of benzene rings is 1. The lowest BCUT2D eigenvalue weighted by Gasteiger charge is -2.36. The molecule has 3 heterocycles. The molecule has 2 saturated heterocycles. The predicted octanol–water partition coefficient (Wildman–Crippen LogP) is 4.14. The van der Waals surface area contributed by atoms with Crippen LogP contribution in [0.1, 0.15) is 18.6 Å². The lowest BCUT2D eigenvalue weighted by atomic mass is 9.92. The van der Waals surface area contributed by atoms with Crippen LogP contribution in [0.15, 0.2) is 50.8 Å². The Morgan fingerprint density at radius 1 is 1.24 bits per heavy atom. The van der Waals surface area contributed by atoms with Gasteiger partial charge >= 0.3 is 0 Å². The van der Waals surface area contributed by atoms with Crippen LogP contribution in [0.3, 0.4) is 0 Å². The third-order valence-electron chi connectivity index (χ3n) is 5.18. The Bertz CT molecular complexity index is 761. The summed E-state index contributed by atoms with van der Waals surface area (Å²) in [6, 6.07) is 12.2. The van der Waals surface area contributed by atoms with Crippen molar-refractivity contribution in [1.82, 2.24) is 9.80 Å². The SMILES string of the molecule is CN1C(=O)C[C@H]2CCN(Cc3ccc(Sc4ccc(Cl)cc4)o3)C[C@H]21. The second-order valence-corrected chi connectivity index (χ2v) is 8.35. The number of carbonyl (C=O) groups excluding carboxylic acids is 1. The van der Waals surface area contributed by atoms with E-state index < -0.39 is 0 Å². The molecule has 2 aromatic rings. The van der Waals surface area contributed by atoms with Crippen molar-refractivity contribution in [2.24, 2.45) is 5.92 Å². The first kappa shape index (κ1) is 17.0. The van der Waals surface area contributed by atoms with Crippen molar-refractivity contribution in [3.8, 4) is 0 Å². The largest absolute Gasteiger partial charge is 0.453 e. The van der Waals surface area contributed by atoms with Gasteiger partial charge in [-0.1, -0.05) is 23.4 Å². The Balaban J connectivity index is 1.36. The van der Waals surface area contributed by atoms with E-state index in [4.69, 9.17) is 16.0 Å². The third-order valence-corrected chi connectivity index (χ3v) is 6.36. The number of hydrogen-bond acceptors (Lipinski definition) is 4. The van der Waals surface area contributed by atoms with E-state index in [0.717, 1.165) is 53.2 Å². The van der Waals surface area contributed by atoms with Crippen molar-refractivity contribution in [2.75, 3.05) is 20.1 Å². The average molecular weight is 377 g/mol. The number of rotatable bonds is 4. The van der Waals surface area contributed by atoms with E-state index in [9.17, 15) is 4.79 Å². The molecule has 0 unspecified atom stereocenters. The second kappa shape index (κ2) is 7.06. The predicted molar refractivity (Wildman–Crippen MR) is 98.8 cm³/mol. The number of nitrogens with zero attached hydrogens (tertiary/aromatic N) is 2. The van der Waals surface area contributed by atoms with Gasteiger partial charge in [0.25, 0.3) is 0 Å². The summed E-state index contributed by atoms with van der Waals surface area (Å²) in [6.45, 7) is 2.77. The Hall–Kier alpha value is -1.43. The number of furan rings is 1. The van der Waals surface area contributed by atoms with Crippen molar-refractivity contribution in [1.29, 1.82) is 0 Å². The van der Waals surface area contributed by atoms with Gasteiger partial charge < -0.3 is 9.32 Å². The van der Waals surface area contributed by atoms with Crippen LogP contribution in [-0.4, -0.2) is 41.9 Å². The highest BCUT2D eigenvalue weighted by molar-refractivity contribution is 7.99. The van der Waals surface area contributed by atoms with Gasteiger partial charge in [0.1, 0.15) is 5.76 Å². The summed E-state index contributed by atoms with van der Waals surface area (Å²) in [5.41, 5.74) is 0. The van der Waals surface area contributed by atoms with Crippen molar-refractivity contribution in [3.63, 3.8) is 0 Å². The van der Waals surface area contributed by atoms with Crippen molar-refractivity contribution >= 4 is 29.3 Å². The highest BCUT2D eigenvalue weighted by Gasteiger charge is 2.40. The maximum atomic E-state index is 11.9. The summed E-state index contributed by atoms with van der Waals surface area (Å²) in [4.78, 5) is 17.3. The summed E-state index contributed by atoms with van der Waals surface area (Å²) in [5.74, 6) is 1.79. The first-order chi connectivity index (χ1) is 12.1. The van der Waals surface area contributed by atoms with Gasteiger partial charge in [-0.15, -0.1) is 0 Å². The van der Waals surface area contributed by atoms with E-state index in [1.165, 1.54) is 0 Å². The van der Waals surface area contributed by atoms with Gasteiger partial charge in [0.2, 0.25) is 5.91 Å². The molecule has 0 radical (unpaired) electrons. The fourth-order valence-electron chi connectivity index (χ4n) is 3.76. The minimum absolute atomic E-state index is 0.288. The number of carbonyl (C=O) groups is 1. The smallest absolute Gasteiger partial charge is 0.222 e. The maximum Gasteiger partial charge on any atom is 0.222 e. The molecule has 2 aliphatic heterocycles. The van der Waals surface area contributed by atoms with Gasteiger partial charge in [-0.2, -0.15) is 0 Å². The molecule has 2 atom stereocenters. The number of halogens is 1. The molecule has 6 heteroatoms. The standard InChI is InChI=1S/C19H21ClN2O2S/c1-21-17-12-22(9-8-13(17)10-18(21)23)11-15-4-7-19(24-15)25-16-5-2-14(20)3-6-16/h2-7,13,17H,8-12H2,1H3/t13-,17-/m1/s1. The molecule has 2 aliphatic rings. The minimum atomic E-state index is 0.288. The number of piperidine rings is 1. The third kappa shape index (κ3) is 3.73. The number of hydrogen-bond donors (Lipinski definition) is 0. The first-order valence-electron chi connectivity index (χ1n) is 8.58. The number of likely N-dealkylation sites (N-methyl/N-ethyl adjacent to an activating group) is 1. The van der Waals surface area contributed by atoms with Gasteiger partial charge in [0.05, 0.1) is 6.54 Å². The first-order valence-corrected chi connectivity index (χ1v) is 9.78. The Morgan fingerprint density at radius 2 is 2.04 bits per heavy atom. The molecule has 4 nitrogen and oxygen atoms in total. The van der Waals surface area contributed by atoms with E-state index >= 15 is 0 Å². The summed E-state index contributed by atoms with van der Waals surface area (Å²) >= 11 is 7.52. The zero-order chi connectivity index (χ0) is 17.4. The molecule has 1 amide bonds. The van der Waals surface area contributed by atoms with Crippen molar-refractivity contribution < 1.29 is 9.21 Å². The molecule has 0 spiro atoms. The molecule has 0 bridgehead atoms.